The minimum atomic E-state index is -5.57. The Morgan fingerprint density at radius 2 is 1.97 bits per heavy atom. The maximum absolute atomic E-state index is 12.7. The Bertz CT molecular complexity index is 1230. The lowest BCUT2D eigenvalue weighted by Crippen LogP contribution is -2.74. The van der Waals surface area contributed by atoms with E-state index in [1.807, 2.05) is 11.9 Å². The number of hydrogen-bond donors (Lipinski definition) is 4. The van der Waals surface area contributed by atoms with Gasteiger partial charge in [-0.2, -0.15) is 13.2 Å². The van der Waals surface area contributed by atoms with Crippen LogP contribution in [-0.4, -0.2) is 93.0 Å². The number of hydrogen-bond acceptors (Lipinski definition) is 10. The average molecular weight is 529 g/mol. The standard InChI is InChI=1S/C23H22F3NO10/c1-27-7-6-21-13-9-2-3-10(28)15(13)36-17(21)11(4-5-22(21,34)12(27)8-9)35-19(32)14(29)16(18(30)31)37-20(33)23(24,25)26/h2-4,12,14,16-17,28-29,34H,5-8H2,1H3,(H,30,31)/t12-,14-,16-,17+,21+,22-/m1/s1. The minimum Gasteiger partial charge on any atom is -0.504 e. The first-order valence-corrected chi connectivity index (χ1v) is 11.3. The van der Waals surface area contributed by atoms with Crippen molar-refractivity contribution in [2.75, 3.05) is 13.6 Å². The highest BCUT2D eigenvalue weighted by Gasteiger charge is 2.72. The van der Waals surface area contributed by atoms with Crippen molar-refractivity contribution in [3.8, 4) is 11.5 Å². The molecule has 1 fully saturated rings. The van der Waals surface area contributed by atoms with E-state index < -0.39 is 53.4 Å². The number of carbonyl (C=O) groups excluding carboxylic acids is 2. The van der Waals surface area contributed by atoms with Crippen LogP contribution in [0.1, 0.15) is 24.0 Å². The van der Waals surface area contributed by atoms with Crippen molar-refractivity contribution in [3.05, 3.63) is 35.1 Å². The molecule has 0 saturated carbocycles. The molecule has 4 aliphatic rings. The molecule has 200 valence electrons. The monoisotopic (exact) mass is 529 g/mol. The molecular formula is C23H22F3NO10. The van der Waals surface area contributed by atoms with Crippen LogP contribution in [0.5, 0.6) is 11.5 Å². The smallest absolute Gasteiger partial charge is 0.490 e. The zero-order chi connectivity index (χ0) is 27.1. The molecule has 0 radical (unpaired) electrons. The van der Waals surface area contributed by atoms with Gasteiger partial charge >= 0.3 is 24.1 Å². The number of likely N-dealkylation sites (N-methyl/N-ethyl adjacent to an activating group) is 1. The summed E-state index contributed by atoms with van der Waals surface area (Å²) in [5.74, 6) is -7.18. The largest absolute Gasteiger partial charge is 0.504 e. The molecule has 37 heavy (non-hydrogen) atoms. The fourth-order valence-corrected chi connectivity index (χ4v) is 6.17. The molecule has 6 atom stereocenters. The maximum atomic E-state index is 12.7. The lowest BCUT2D eigenvalue weighted by Gasteiger charge is -2.61. The van der Waals surface area contributed by atoms with Crippen molar-refractivity contribution >= 4 is 17.9 Å². The van der Waals surface area contributed by atoms with Crippen molar-refractivity contribution in [1.29, 1.82) is 0 Å². The second kappa shape index (κ2) is 8.07. The summed E-state index contributed by atoms with van der Waals surface area (Å²) in [5.41, 5.74) is -1.20. The molecule has 1 spiro atoms. The van der Waals surface area contributed by atoms with Crippen LogP contribution in [-0.2, 0) is 35.7 Å². The molecule has 14 heteroatoms. The Labute approximate surface area is 206 Å². The fourth-order valence-electron chi connectivity index (χ4n) is 6.17. The Balaban J connectivity index is 1.48. The summed E-state index contributed by atoms with van der Waals surface area (Å²) < 4.78 is 52.6. The molecule has 1 aromatic rings. The van der Waals surface area contributed by atoms with Crippen molar-refractivity contribution in [1.82, 2.24) is 4.90 Å². The highest BCUT2D eigenvalue weighted by Crippen LogP contribution is 2.65. The van der Waals surface area contributed by atoms with Crippen molar-refractivity contribution in [2.24, 2.45) is 0 Å². The predicted octanol–water partition coefficient (Wildman–Crippen LogP) is 0.133. The average Bonchev–Trinajstić information content (AvgIpc) is 3.17. The molecule has 0 aromatic heterocycles. The molecule has 4 N–H and O–H groups in total. The molecule has 2 heterocycles. The molecule has 1 aromatic carbocycles. The summed E-state index contributed by atoms with van der Waals surface area (Å²) in [6, 6.07) is 2.80. The number of likely N-dealkylation sites (tertiary alicyclic amines) is 1. The number of benzene rings is 1. The minimum absolute atomic E-state index is 0.0411. The third-order valence-corrected chi connectivity index (χ3v) is 7.81. The number of carboxylic acids is 1. The van der Waals surface area contributed by atoms with Crippen LogP contribution in [0.4, 0.5) is 13.2 Å². The van der Waals surface area contributed by atoms with Crippen LogP contribution in [0, 0.1) is 0 Å². The number of phenols is 1. The van der Waals surface area contributed by atoms with E-state index >= 15 is 0 Å². The summed E-state index contributed by atoms with van der Waals surface area (Å²) in [6.07, 6.45) is -10.4. The number of halogens is 3. The van der Waals surface area contributed by atoms with Gasteiger partial charge in [-0.05, 0) is 44.1 Å². The first kappa shape index (κ1) is 25.3. The molecule has 5 rings (SSSR count). The number of rotatable bonds is 5. The first-order chi connectivity index (χ1) is 17.2. The number of carbonyl (C=O) groups is 3. The second-order valence-electron chi connectivity index (χ2n) is 9.63. The summed E-state index contributed by atoms with van der Waals surface area (Å²) in [6.45, 7) is 0.514. The number of aliphatic carboxylic acids is 1. The number of ether oxygens (including phenoxy) is 3. The Morgan fingerprint density at radius 3 is 2.62 bits per heavy atom. The predicted molar refractivity (Wildman–Crippen MR) is 112 cm³/mol. The lowest BCUT2D eigenvalue weighted by atomic mass is 9.50. The number of aromatic hydroxyl groups is 1. The number of carboxylic acid groups (broad SMARTS) is 1. The Kier molecular flexibility index (Phi) is 5.52. The number of aliphatic hydroxyl groups excluding tert-OH is 1. The van der Waals surface area contributed by atoms with E-state index in [0.717, 1.165) is 5.56 Å². The van der Waals surface area contributed by atoms with E-state index in [-0.39, 0.29) is 29.7 Å². The molecule has 2 aliphatic carbocycles. The van der Waals surface area contributed by atoms with Gasteiger partial charge in [0.15, 0.2) is 23.7 Å². The Morgan fingerprint density at radius 1 is 1.27 bits per heavy atom. The van der Waals surface area contributed by atoms with Crippen LogP contribution in [0.25, 0.3) is 0 Å². The number of nitrogens with zero attached hydrogens (tertiary/aromatic N) is 1. The van der Waals surface area contributed by atoms with Crippen molar-refractivity contribution in [2.45, 2.75) is 60.8 Å². The van der Waals surface area contributed by atoms with E-state index in [9.17, 15) is 42.9 Å². The van der Waals surface area contributed by atoms with Crippen LogP contribution < -0.4 is 4.74 Å². The zero-order valence-electron chi connectivity index (χ0n) is 19.2. The fraction of sp³-hybridized carbons (Fsp3) is 0.522. The SMILES string of the molecule is CN1CC[C@]23c4c5ccc(O)c4O[C@H]2C(OC(=O)[C@H](O)[C@@H](OC(=O)C(F)(F)F)C(=O)O)=CC[C@@]3(O)[C@H]1C5. The van der Waals surface area contributed by atoms with Gasteiger partial charge in [0.2, 0.25) is 6.10 Å². The quantitative estimate of drug-likeness (QED) is 0.384. The number of esters is 2. The lowest BCUT2D eigenvalue weighted by molar-refractivity contribution is -0.213. The van der Waals surface area contributed by atoms with E-state index in [1.165, 1.54) is 12.1 Å². The second-order valence-corrected chi connectivity index (χ2v) is 9.63. The van der Waals surface area contributed by atoms with Gasteiger partial charge in [-0.1, -0.05) is 6.07 Å². The number of phenolic OH excluding ortho intramolecular Hbond substituents is 1. The van der Waals surface area contributed by atoms with Gasteiger partial charge in [-0.3, -0.25) is 0 Å². The van der Waals surface area contributed by atoms with Crippen molar-refractivity contribution in [3.63, 3.8) is 0 Å². The van der Waals surface area contributed by atoms with Crippen molar-refractivity contribution < 1.29 is 62.2 Å². The number of aliphatic hydroxyl groups is 2. The van der Waals surface area contributed by atoms with Gasteiger partial charge in [0.1, 0.15) is 5.76 Å². The molecule has 2 aliphatic heterocycles. The molecule has 2 bridgehead atoms. The molecule has 0 unspecified atom stereocenters. The van der Waals surface area contributed by atoms with Crippen LogP contribution >= 0.6 is 0 Å². The number of piperidine rings is 1. The topological polar surface area (TPSA) is 163 Å². The summed E-state index contributed by atoms with van der Waals surface area (Å²) >= 11 is 0. The van der Waals surface area contributed by atoms with E-state index in [1.54, 1.807) is 6.07 Å². The van der Waals surface area contributed by atoms with Crippen LogP contribution in [0.2, 0.25) is 0 Å². The Hall–Kier alpha value is -3.36. The zero-order valence-corrected chi connectivity index (χ0v) is 19.2. The summed E-state index contributed by atoms with van der Waals surface area (Å²) in [4.78, 5) is 37.1. The van der Waals surface area contributed by atoms with Crippen LogP contribution in [0.3, 0.4) is 0 Å². The van der Waals surface area contributed by atoms with Gasteiger partial charge < -0.3 is 39.5 Å². The molecule has 11 nitrogen and oxygen atoms in total. The van der Waals surface area contributed by atoms with Gasteiger partial charge in [0.05, 0.1) is 11.0 Å². The normalized spacial score (nSPS) is 31.4. The molecule has 1 saturated heterocycles. The van der Waals surface area contributed by atoms with E-state index in [2.05, 4.69) is 4.74 Å². The van der Waals surface area contributed by atoms with E-state index in [0.29, 0.717) is 24.9 Å². The molecular weight excluding hydrogens is 507 g/mol. The van der Waals surface area contributed by atoms with Gasteiger partial charge in [0.25, 0.3) is 0 Å². The molecule has 0 amide bonds. The van der Waals surface area contributed by atoms with Crippen LogP contribution in [0.15, 0.2) is 24.0 Å². The highest BCUT2D eigenvalue weighted by atomic mass is 19.4. The van der Waals surface area contributed by atoms with Gasteiger partial charge in [-0.15, -0.1) is 0 Å². The van der Waals surface area contributed by atoms with Gasteiger partial charge in [-0.25, -0.2) is 14.4 Å². The maximum Gasteiger partial charge on any atom is 0.490 e. The number of alkyl halides is 3. The summed E-state index contributed by atoms with van der Waals surface area (Å²) in [5, 5.41) is 41.8. The third-order valence-electron chi connectivity index (χ3n) is 7.81. The summed E-state index contributed by atoms with van der Waals surface area (Å²) in [7, 11) is 1.86. The first-order valence-electron chi connectivity index (χ1n) is 11.3. The van der Waals surface area contributed by atoms with Gasteiger partial charge in [0, 0.05) is 18.0 Å². The third kappa shape index (κ3) is 3.42. The highest BCUT2D eigenvalue weighted by molar-refractivity contribution is 5.88. The van der Waals surface area contributed by atoms with E-state index in [4.69, 9.17) is 14.6 Å².